The first-order valence-corrected chi connectivity index (χ1v) is 6.13. The molecule has 0 aliphatic rings. The summed E-state index contributed by atoms with van der Waals surface area (Å²) in [6.45, 7) is 6.03. The highest BCUT2D eigenvalue weighted by Gasteiger charge is 2.09. The summed E-state index contributed by atoms with van der Waals surface area (Å²) in [5, 5.41) is 3.44. The summed E-state index contributed by atoms with van der Waals surface area (Å²) in [5.41, 5.74) is 2.74. The van der Waals surface area contributed by atoms with Gasteiger partial charge in [0, 0.05) is 7.11 Å². The summed E-state index contributed by atoms with van der Waals surface area (Å²) in [4.78, 5) is 0. The summed E-state index contributed by atoms with van der Waals surface area (Å²) in [6.07, 6.45) is 2.35. The van der Waals surface area contributed by atoms with Crippen LogP contribution in [0.15, 0.2) is 24.3 Å². The largest absolute Gasteiger partial charge is 0.383 e. The molecule has 0 aliphatic heterocycles. The number of benzene rings is 1. The van der Waals surface area contributed by atoms with Gasteiger partial charge >= 0.3 is 0 Å². The lowest BCUT2D eigenvalue weighted by atomic mass is 10.0. The molecule has 0 saturated heterocycles. The minimum atomic E-state index is 0.312. The Hall–Kier alpha value is -0.860. The standard InChI is InChI=1S/C14H23NO/c1-4-7-12-8-6-9-13(10-12)14(11-16-3)15-5-2/h6,8-10,14-15H,4-5,7,11H2,1-3H3. The van der Waals surface area contributed by atoms with E-state index in [0.717, 1.165) is 19.6 Å². The summed E-state index contributed by atoms with van der Waals surface area (Å²) < 4.78 is 5.25. The van der Waals surface area contributed by atoms with Crippen LogP contribution < -0.4 is 5.32 Å². The van der Waals surface area contributed by atoms with Gasteiger partial charge in [-0.25, -0.2) is 0 Å². The molecule has 0 fully saturated rings. The Bertz CT molecular complexity index is 293. The van der Waals surface area contributed by atoms with E-state index in [4.69, 9.17) is 4.74 Å². The first-order chi connectivity index (χ1) is 7.81. The van der Waals surface area contributed by atoms with E-state index in [1.807, 2.05) is 0 Å². The van der Waals surface area contributed by atoms with Gasteiger partial charge in [0.15, 0.2) is 0 Å². The molecular weight excluding hydrogens is 198 g/mol. The van der Waals surface area contributed by atoms with Crippen LogP contribution in [0.1, 0.15) is 37.4 Å². The van der Waals surface area contributed by atoms with Crippen LogP contribution in [0.25, 0.3) is 0 Å². The molecule has 2 nitrogen and oxygen atoms in total. The van der Waals surface area contributed by atoms with Crippen LogP contribution in [0, 0.1) is 0 Å². The van der Waals surface area contributed by atoms with Crippen molar-refractivity contribution in [1.29, 1.82) is 0 Å². The average Bonchev–Trinajstić information content (AvgIpc) is 2.30. The summed E-state index contributed by atoms with van der Waals surface area (Å²) in [6, 6.07) is 9.11. The van der Waals surface area contributed by atoms with Gasteiger partial charge in [-0.3, -0.25) is 0 Å². The van der Waals surface area contributed by atoms with E-state index in [-0.39, 0.29) is 0 Å². The second kappa shape index (κ2) is 7.42. The van der Waals surface area contributed by atoms with Crippen molar-refractivity contribution in [3.8, 4) is 0 Å². The van der Waals surface area contributed by atoms with Crippen LogP contribution in [0.5, 0.6) is 0 Å². The van der Waals surface area contributed by atoms with Gasteiger partial charge in [-0.15, -0.1) is 0 Å². The van der Waals surface area contributed by atoms with Crippen molar-refractivity contribution < 1.29 is 4.74 Å². The highest BCUT2D eigenvalue weighted by atomic mass is 16.5. The molecule has 16 heavy (non-hydrogen) atoms. The fourth-order valence-electron chi connectivity index (χ4n) is 1.94. The van der Waals surface area contributed by atoms with E-state index in [2.05, 4.69) is 43.4 Å². The molecule has 1 aromatic rings. The molecule has 2 heteroatoms. The second-order valence-electron chi connectivity index (χ2n) is 4.06. The van der Waals surface area contributed by atoms with Gasteiger partial charge in [0.2, 0.25) is 0 Å². The van der Waals surface area contributed by atoms with Gasteiger partial charge in [0.1, 0.15) is 0 Å². The third-order valence-electron chi connectivity index (χ3n) is 2.68. The molecule has 1 unspecified atom stereocenters. The highest BCUT2D eigenvalue weighted by Crippen LogP contribution is 2.16. The van der Waals surface area contributed by atoms with Crippen LogP contribution in [-0.2, 0) is 11.2 Å². The highest BCUT2D eigenvalue weighted by molar-refractivity contribution is 5.26. The molecule has 0 spiro atoms. The topological polar surface area (TPSA) is 21.3 Å². The van der Waals surface area contributed by atoms with Crippen molar-refractivity contribution in [3.05, 3.63) is 35.4 Å². The molecule has 1 atom stereocenters. The molecule has 0 aliphatic carbocycles. The first-order valence-electron chi connectivity index (χ1n) is 6.13. The molecule has 0 saturated carbocycles. The number of aryl methyl sites for hydroxylation is 1. The molecular formula is C14H23NO. The van der Waals surface area contributed by atoms with E-state index < -0.39 is 0 Å². The Morgan fingerprint density at radius 2 is 2.12 bits per heavy atom. The molecule has 90 valence electrons. The van der Waals surface area contributed by atoms with Gasteiger partial charge in [0.05, 0.1) is 12.6 Å². The predicted molar refractivity (Wildman–Crippen MR) is 68.7 cm³/mol. The lowest BCUT2D eigenvalue weighted by Gasteiger charge is -2.18. The number of rotatable bonds is 7. The number of nitrogens with one attached hydrogen (secondary N) is 1. The van der Waals surface area contributed by atoms with Crippen LogP contribution >= 0.6 is 0 Å². The fourth-order valence-corrected chi connectivity index (χ4v) is 1.94. The quantitative estimate of drug-likeness (QED) is 0.764. The van der Waals surface area contributed by atoms with Crippen LogP contribution in [0.4, 0.5) is 0 Å². The van der Waals surface area contributed by atoms with Gasteiger partial charge in [-0.2, -0.15) is 0 Å². The zero-order chi connectivity index (χ0) is 11.8. The summed E-state index contributed by atoms with van der Waals surface area (Å²) in [5.74, 6) is 0. The third-order valence-corrected chi connectivity index (χ3v) is 2.68. The summed E-state index contributed by atoms with van der Waals surface area (Å²) in [7, 11) is 1.75. The van der Waals surface area contributed by atoms with Crippen LogP contribution in [0.3, 0.4) is 0 Å². The SMILES string of the molecule is CCCc1cccc(C(COC)NCC)c1. The fraction of sp³-hybridized carbons (Fsp3) is 0.571. The Labute approximate surface area is 99.0 Å². The summed E-state index contributed by atoms with van der Waals surface area (Å²) >= 11 is 0. The Kier molecular flexibility index (Phi) is 6.12. The zero-order valence-electron chi connectivity index (χ0n) is 10.6. The minimum absolute atomic E-state index is 0.312. The number of hydrogen-bond donors (Lipinski definition) is 1. The van der Waals surface area contributed by atoms with Crippen molar-refractivity contribution in [2.24, 2.45) is 0 Å². The molecule has 0 heterocycles. The maximum Gasteiger partial charge on any atom is 0.0657 e. The van der Waals surface area contributed by atoms with E-state index in [1.165, 1.54) is 17.5 Å². The normalized spacial score (nSPS) is 12.7. The first kappa shape index (κ1) is 13.2. The lowest BCUT2D eigenvalue weighted by Crippen LogP contribution is -2.24. The van der Waals surface area contributed by atoms with Crippen molar-refractivity contribution in [3.63, 3.8) is 0 Å². The van der Waals surface area contributed by atoms with E-state index in [1.54, 1.807) is 7.11 Å². The Balaban J connectivity index is 2.77. The van der Waals surface area contributed by atoms with E-state index in [9.17, 15) is 0 Å². The maximum atomic E-state index is 5.25. The van der Waals surface area contributed by atoms with Crippen LogP contribution in [-0.4, -0.2) is 20.3 Å². The molecule has 1 rings (SSSR count). The third kappa shape index (κ3) is 3.95. The van der Waals surface area contributed by atoms with Gasteiger partial charge < -0.3 is 10.1 Å². The number of hydrogen-bond acceptors (Lipinski definition) is 2. The second-order valence-corrected chi connectivity index (χ2v) is 4.06. The Morgan fingerprint density at radius 3 is 2.75 bits per heavy atom. The molecule has 0 amide bonds. The van der Waals surface area contributed by atoms with E-state index >= 15 is 0 Å². The lowest BCUT2D eigenvalue weighted by molar-refractivity contribution is 0.168. The molecule has 0 radical (unpaired) electrons. The monoisotopic (exact) mass is 221 g/mol. The number of likely N-dealkylation sites (N-methyl/N-ethyl adjacent to an activating group) is 1. The number of methoxy groups -OCH3 is 1. The van der Waals surface area contributed by atoms with E-state index in [0.29, 0.717) is 6.04 Å². The van der Waals surface area contributed by atoms with Gasteiger partial charge in [-0.1, -0.05) is 44.5 Å². The minimum Gasteiger partial charge on any atom is -0.383 e. The molecule has 1 aromatic carbocycles. The molecule has 0 aromatic heterocycles. The average molecular weight is 221 g/mol. The predicted octanol–water partition coefficient (Wildman–Crippen LogP) is 2.94. The van der Waals surface area contributed by atoms with Crippen molar-refractivity contribution in [2.75, 3.05) is 20.3 Å². The smallest absolute Gasteiger partial charge is 0.0657 e. The van der Waals surface area contributed by atoms with Gasteiger partial charge in [0.25, 0.3) is 0 Å². The maximum absolute atomic E-state index is 5.25. The van der Waals surface area contributed by atoms with Gasteiger partial charge in [-0.05, 0) is 24.1 Å². The zero-order valence-corrected chi connectivity index (χ0v) is 10.6. The number of ether oxygens (including phenoxy) is 1. The van der Waals surface area contributed by atoms with Crippen molar-refractivity contribution in [1.82, 2.24) is 5.32 Å². The van der Waals surface area contributed by atoms with Crippen molar-refractivity contribution in [2.45, 2.75) is 32.7 Å². The molecule has 1 N–H and O–H groups in total. The Morgan fingerprint density at radius 1 is 1.31 bits per heavy atom. The van der Waals surface area contributed by atoms with Crippen molar-refractivity contribution >= 4 is 0 Å². The van der Waals surface area contributed by atoms with Crippen LogP contribution in [0.2, 0.25) is 0 Å². The molecule has 0 bridgehead atoms.